The molecule has 2 rings (SSSR count). The van der Waals surface area contributed by atoms with Gasteiger partial charge in [0.2, 0.25) is 0 Å². The Morgan fingerprint density at radius 3 is 2.76 bits per heavy atom. The number of rotatable bonds is 5. The van der Waals surface area contributed by atoms with Crippen molar-refractivity contribution in [3.63, 3.8) is 0 Å². The summed E-state index contributed by atoms with van der Waals surface area (Å²) in [5.74, 6) is -0.00421. The van der Waals surface area contributed by atoms with Gasteiger partial charge in [-0.05, 0) is 26.0 Å². The third-order valence-electron chi connectivity index (χ3n) is 3.37. The first-order chi connectivity index (χ1) is 10.0. The molecule has 0 unspecified atom stereocenters. The van der Waals surface area contributed by atoms with Gasteiger partial charge in [-0.25, -0.2) is 0 Å². The zero-order valence-corrected chi connectivity index (χ0v) is 13.1. The number of pyridine rings is 1. The molecule has 21 heavy (non-hydrogen) atoms. The molecule has 0 aliphatic carbocycles. The lowest BCUT2D eigenvalue weighted by molar-refractivity contribution is 0.0770. The average molecular weight is 301 g/mol. The number of hydrogen-bond acceptors (Lipinski definition) is 3. The van der Waals surface area contributed by atoms with Crippen molar-refractivity contribution in [2.75, 3.05) is 13.1 Å². The molecule has 0 fully saturated rings. The number of thiocarbonyl (C=S) groups is 1. The zero-order valence-electron chi connectivity index (χ0n) is 12.3. The van der Waals surface area contributed by atoms with Crippen LogP contribution in [0.4, 0.5) is 0 Å². The summed E-state index contributed by atoms with van der Waals surface area (Å²) in [6, 6.07) is 9.53. The van der Waals surface area contributed by atoms with Crippen molar-refractivity contribution in [2.45, 2.75) is 20.3 Å². The summed E-state index contributed by atoms with van der Waals surface area (Å²) < 4.78 is 0. The van der Waals surface area contributed by atoms with E-state index in [0.717, 1.165) is 16.6 Å². The lowest BCUT2D eigenvalue weighted by Crippen LogP contribution is -2.33. The first kappa shape index (κ1) is 15.4. The largest absolute Gasteiger partial charge is 0.393 e. The number of carbonyl (C=O) groups excluding carboxylic acids is 1. The van der Waals surface area contributed by atoms with Crippen molar-refractivity contribution >= 4 is 34.0 Å². The number of fused-ring (bicyclic) bond motifs is 1. The summed E-state index contributed by atoms with van der Waals surface area (Å²) in [5, 5.41) is 0.877. The van der Waals surface area contributed by atoms with E-state index in [1.165, 1.54) is 0 Å². The number of amides is 1. The summed E-state index contributed by atoms with van der Waals surface area (Å²) >= 11 is 4.89. The SMILES string of the molecule is CCN(CCC(N)=S)C(=O)c1cc(C)nc2ccccc12. The van der Waals surface area contributed by atoms with Gasteiger partial charge in [0.25, 0.3) is 5.91 Å². The molecule has 0 spiro atoms. The van der Waals surface area contributed by atoms with Crippen molar-refractivity contribution in [2.24, 2.45) is 5.73 Å². The van der Waals surface area contributed by atoms with Crippen LogP contribution >= 0.6 is 12.2 Å². The van der Waals surface area contributed by atoms with E-state index in [2.05, 4.69) is 4.98 Å². The fourth-order valence-electron chi connectivity index (χ4n) is 2.30. The minimum absolute atomic E-state index is 0.00421. The Kier molecular flexibility index (Phi) is 4.85. The topological polar surface area (TPSA) is 59.2 Å². The highest BCUT2D eigenvalue weighted by Crippen LogP contribution is 2.20. The minimum Gasteiger partial charge on any atom is -0.393 e. The van der Waals surface area contributed by atoms with Gasteiger partial charge in [0.15, 0.2) is 0 Å². The van der Waals surface area contributed by atoms with E-state index in [9.17, 15) is 4.79 Å². The molecule has 1 heterocycles. The molecule has 1 aromatic carbocycles. The van der Waals surface area contributed by atoms with E-state index >= 15 is 0 Å². The van der Waals surface area contributed by atoms with Crippen molar-refractivity contribution in [3.05, 3.63) is 41.6 Å². The van der Waals surface area contributed by atoms with E-state index in [1.807, 2.05) is 44.2 Å². The summed E-state index contributed by atoms with van der Waals surface area (Å²) in [4.78, 5) is 19.4. The zero-order chi connectivity index (χ0) is 15.4. The number of nitrogens with two attached hydrogens (primary N) is 1. The third kappa shape index (κ3) is 3.55. The maximum absolute atomic E-state index is 12.8. The Morgan fingerprint density at radius 1 is 1.38 bits per heavy atom. The van der Waals surface area contributed by atoms with Crippen molar-refractivity contribution < 1.29 is 4.79 Å². The van der Waals surface area contributed by atoms with Crippen LogP contribution in [-0.4, -0.2) is 33.9 Å². The second-order valence-corrected chi connectivity index (χ2v) is 5.45. The second-order valence-electron chi connectivity index (χ2n) is 4.93. The van der Waals surface area contributed by atoms with E-state index < -0.39 is 0 Å². The van der Waals surface area contributed by atoms with Gasteiger partial charge in [-0.2, -0.15) is 0 Å². The van der Waals surface area contributed by atoms with Crippen LogP contribution < -0.4 is 5.73 Å². The molecule has 0 aliphatic heterocycles. The van der Waals surface area contributed by atoms with Crippen LogP contribution in [-0.2, 0) is 0 Å². The number of nitrogens with zero attached hydrogens (tertiary/aromatic N) is 2. The second kappa shape index (κ2) is 6.63. The van der Waals surface area contributed by atoms with Gasteiger partial charge in [-0.15, -0.1) is 0 Å². The molecule has 0 aliphatic rings. The van der Waals surface area contributed by atoms with E-state index in [1.54, 1.807) is 4.90 Å². The number of aryl methyl sites for hydroxylation is 1. The first-order valence-electron chi connectivity index (χ1n) is 6.97. The molecule has 2 N–H and O–H groups in total. The van der Waals surface area contributed by atoms with Crippen molar-refractivity contribution in [1.82, 2.24) is 9.88 Å². The monoisotopic (exact) mass is 301 g/mol. The Hall–Kier alpha value is -2.01. The first-order valence-corrected chi connectivity index (χ1v) is 7.37. The lowest BCUT2D eigenvalue weighted by atomic mass is 10.1. The highest BCUT2D eigenvalue weighted by Gasteiger charge is 2.17. The summed E-state index contributed by atoms with van der Waals surface area (Å²) in [6.45, 7) is 5.01. The molecule has 5 heteroatoms. The van der Waals surface area contributed by atoms with Crippen LogP contribution in [0.1, 0.15) is 29.4 Å². The fraction of sp³-hybridized carbons (Fsp3) is 0.312. The molecular formula is C16H19N3OS. The van der Waals surface area contributed by atoms with Crippen LogP contribution in [0.3, 0.4) is 0 Å². The Labute approximate surface area is 130 Å². The molecule has 0 saturated carbocycles. The molecule has 0 radical (unpaired) electrons. The molecule has 0 atom stereocenters. The van der Waals surface area contributed by atoms with Gasteiger partial charge in [0.05, 0.1) is 16.1 Å². The van der Waals surface area contributed by atoms with Gasteiger partial charge >= 0.3 is 0 Å². The smallest absolute Gasteiger partial charge is 0.254 e. The summed E-state index contributed by atoms with van der Waals surface area (Å²) in [6.07, 6.45) is 0.539. The van der Waals surface area contributed by atoms with Crippen LogP contribution in [0.25, 0.3) is 10.9 Å². The summed E-state index contributed by atoms with van der Waals surface area (Å²) in [5.41, 5.74) is 7.89. The average Bonchev–Trinajstić information content (AvgIpc) is 2.46. The Balaban J connectivity index is 2.39. The number of aromatic nitrogens is 1. The van der Waals surface area contributed by atoms with Crippen LogP contribution in [0, 0.1) is 6.92 Å². The van der Waals surface area contributed by atoms with Crippen LogP contribution in [0.15, 0.2) is 30.3 Å². The maximum Gasteiger partial charge on any atom is 0.254 e. The van der Waals surface area contributed by atoms with E-state index in [-0.39, 0.29) is 5.91 Å². The van der Waals surface area contributed by atoms with Gasteiger partial charge < -0.3 is 10.6 Å². The molecule has 0 saturated heterocycles. The Morgan fingerprint density at radius 2 is 2.10 bits per heavy atom. The number of benzene rings is 1. The van der Waals surface area contributed by atoms with Crippen LogP contribution in [0.2, 0.25) is 0 Å². The number of carbonyl (C=O) groups is 1. The number of para-hydroxylation sites is 1. The van der Waals surface area contributed by atoms with E-state index in [4.69, 9.17) is 18.0 Å². The lowest BCUT2D eigenvalue weighted by Gasteiger charge is -2.21. The molecule has 1 aromatic heterocycles. The van der Waals surface area contributed by atoms with Crippen LogP contribution in [0.5, 0.6) is 0 Å². The molecule has 110 valence electrons. The van der Waals surface area contributed by atoms with Gasteiger partial charge in [0, 0.05) is 30.6 Å². The summed E-state index contributed by atoms with van der Waals surface area (Å²) in [7, 11) is 0. The highest BCUT2D eigenvalue weighted by atomic mass is 32.1. The molecule has 2 aromatic rings. The molecule has 4 nitrogen and oxygen atoms in total. The minimum atomic E-state index is -0.00421. The quantitative estimate of drug-likeness (QED) is 0.863. The van der Waals surface area contributed by atoms with E-state index in [0.29, 0.717) is 30.1 Å². The van der Waals surface area contributed by atoms with Gasteiger partial charge in [-0.1, -0.05) is 30.4 Å². The predicted octanol–water partition coefficient (Wildman–Crippen LogP) is 2.68. The van der Waals surface area contributed by atoms with Gasteiger partial charge in [-0.3, -0.25) is 9.78 Å². The normalized spacial score (nSPS) is 10.6. The van der Waals surface area contributed by atoms with Gasteiger partial charge in [0.1, 0.15) is 0 Å². The van der Waals surface area contributed by atoms with Crippen molar-refractivity contribution in [1.29, 1.82) is 0 Å². The fourth-order valence-corrected chi connectivity index (χ4v) is 2.39. The third-order valence-corrected chi connectivity index (χ3v) is 3.58. The Bertz CT molecular complexity index is 684. The molecule has 1 amide bonds. The molecular weight excluding hydrogens is 282 g/mol. The standard InChI is InChI=1S/C16H19N3OS/c1-3-19(9-8-15(17)21)16(20)13-10-11(2)18-14-7-5-4-6-12(13)14/h4-7,10H,3,8-9H2,1-2H3,(H2,17,21). The highest BCUT2D eigenvalue weighted by molar-refractivity contribution is 7.80. The van der Waals surface area contributed by atoms with Crippen molar-refractivity contribution in [3.8, 4) is 0 Å². The predicted molar refractivity (Wildman–Crippen MR) is 89.5 cm³/mol. The number of hydrogen-bond donors (Lipinski definition) is 1. The molecule has 0 bridgehead atoms. The maximum atomic E-state index is 12.8.